The first-order valence-corrected chi connectivity index (χ1v) is 6.62. The molecule has 2 N–H and O–H groups in total. The van der Waals surface area contributed by atoms with Crippen LogP contribution >= 0.6 is 0 Å². The fraction of sp³-hybridized carbons (Fsp3) is 0.500. The molecule has 102 valence electrons. The molecule has 5 nitrogen and oxygen atoms in total. The summed E-state index contributed by atoms with van der Waals surface area (Å²) < 4.78 is 5.83. The standard InChI is InChI=1S/C14H20N4O/c1-9-7-18(8-11(9)17(2)3)14-16-13-10(15)5-4-6-12(13)19-14/h4-6,9,11H,7-8,15H2,1-3H3. The minimum atomic E-state index is 0.535. The van der Waals surface area contributed by atoms with Crippen LogP contribution in [0.2, 0.25) is 0 Å². The molecule has 0 radical (unpaired) electrons. The minimum absolute atomic E-state index is 0.535. The monoisotopic (exact) mass is 260 g/mol. The molecule has 0 bridgehead atoms. The molecular formula is C14H20N4O. The minimum Gasteiger partial charge on any atom is -0.423 e. The second-order valence-corrected chi connectivity index (χ2v) is 5.60. The van der Waals surface area contributed by atoms with Gasteiger partial charge in [-0.05, 0) is 32.1 Å². The van der Waals surface area contributed by atoms with Gasteiger partial charge in [-0.2, -0.15) is 4.98 Å². The molecule has 0 aliphatic carbocycles. The van der Waals surface area contributed by atoms with E-state index in [1.54, 1.807) is 0 Å². The van der Waals surface area contributed by atoms with Gasteiger partial charge in [-0.25, -0.2) is 0 Å². The Kier molecular flexibility index (Phi) is 2.86. The number of likely N-dealkylation sites (N-methyl/N-ethyl adjacent to an activating group) is 1. The summed E-state index contributed by atoms with van der Waals surface area (Å²) in [5.74, 6) is 0.599. The number of aromatic nitrogens is 1. The molecule has 5 heteroatoms. The van der Waals surface area contributed by atoms with Crippen LogP contribution in [0, 0.1) is 5.92 Å². The molecule has 1 saturated heterocycles. The van der Waals surface area contributed by atoms with E-state index in [4.69, 9.17) is 10.2 Å². The Bertz CT molecular complexity index is 592. The summed E-state index contributed by atoms with van der Waals surface area (Å²) in [6.07, 6.45) is 0. The molecule has 1 fully saturated rings. The number of hydrogen-bond donors (Lipinski definition) is 1. The molecule has 1 aliphatic rings. The Morgan fingerprint density at radius 1 is 1.37 bits per heavy atom. The van der Waals surface area contributed by atoms with E-state index in [2.05, 4.69) is 35.8 Å². The number of hydrogen-bond acceptors (Lipinski definition) is 5. The van der Waals surface area contributed by atoms with Crippen molar-refractivity contribution in [3.8, 4) is 0 Å². The largest absolute Gasteiger partial charge is 0.423 e. The first kappa shape index (κ1) is 12.3. The smallest absolute Gasteiger partial charge is 0.298 e. The maximum atomic E-state index is 5.92. The zero-order chi connectivity index (χ0) is 13.6. The summed E-state index contributed by atoms with van der Waals surface area (Å²) in [6.45, 7) is 4.18. The summed E-state index contributed by atoms with van der Waals surface area (Å²) in [5.41, 5.74) is 8.11. The Morgan fingerprint density at radius 2 is 2.16 bits per heavy atom. The summed E-state index contributed by atoms with van der Waals surface area (Å²) in [7, 11) is 4.24. The molecule has 19 heavy (non-hydrogen) atoms. The maximum Gasteiger partial charge on any atom is 0.298 e. The van der Waals surface area contributed by atoms with Crippen molar-refractivity contribution in [1.29, 1.82) is 0 Å². The molecule has 0 spiro atoms. The SMILES string of the molecule is CC1CN(c2nc3c(N)cccc3o2)CC1N(C)C. The van der Waals surface area contributed by atoms with Crippen LogP contribution in [0.15, 0.2) is 22.6 Å². The normalized spacial score (nSPS) is 23.7. The van der Waals surface area contributed by atoms with Crippen molar-refractivity contribution >= 4 is 22.8 Å². The highest BCUT2D eigenvalue weighted by Gasteiger charge is 2.33. The van der Waals surface area contributed by atoms with E-state index in [-0.39, 0.29) is 0 Å². The third-order valence-electron chi connectivity index (χ3n) is 3.95. The summed E-state index contributed by atoms with van der Waals surface area (Å²) >= 11 is 0. The molecule has 2 unspecified atom stereocenters. The number of oxazole rings is 1. The highest BCUT2D eigenvalue weighted by atomic mass is 16.4. The van der Waals surface area contributed by atoms with Gasteiger partial charge in [0, 0.05) is 19.1 Å². The Labute approximate surface area is 113 Å². The van der Waals surface area contributed by atoms with E-state index in [0.29, 0.717) is 23.7 Å². The van der Waals surface area contributed by atoms with Crippen molar-refractivity contribution in [3.05, 3.63) is 18.2 Å². The molecule has 1 aromatic carbocycles. The Hall–Kier alpha value is -1.75. The van der Waals surface area contributed by atoms with Crippen molar-refractivity contribution in [2.75, 3.05) is 37.8 Å². The van der Waals surface area contributed by atoms with Crippen molar-refractivity contribution in [2.24, 2.45) is 5.92 Å². The highest BCUT2D eigenvalue weighted by molar-refractivity contribution is 5.86. The quantitative estimate of drug-likeness (QED) is 0.834. The van der Waals surface area contributed by atoms with Gasteiger partial charge < -0.3 is 20.0 Å². The van der Waals surface area contributed by atoms with Gasteiger partial charge in [0.1, 0.15) is 5.52 Å². The number of benzene rings is 1. The molecular weight excluding hydrogens is 240 g/mol. The Morgan fingerprint density at radius 3 is 2.79 bits per heavy atom. The third kappa shape index (κ3) is 2.04. The van der Waals surface area contributed by atoms with Crippen LogP contribution in [0.1, 0.15) is 6.92 Å². The lowest BCUT2D eigenvalue weighted by Crippen LogP contribution is -2.34. The number of para-hydroxylation sites is 1. The molecule has 2 aromatic rings. The molecule has 0 amide bonds. The number of nitrogen functional groups attached to an aromatic ring is 1. The molecule has 3 rings (SSSR count). The first-order valence-electron chi connectivity index (χ1n) is 6.62. The molecule has 1 aliphatic heterocycles. The average molecular weight is 260 g/mol. The topological polar surface area (TPSA) is 58.5 Å². The summed E-state index contributed by atoms with van der Waals surface area (Å²) in [5, 5.41) is 0. The van der Waals surface area contributed by atoms with Gasteiger partial charge in [0.05, 0.1) is 5.69 Å². The zero-order valence-electron chi connectivity index (χ0n) is 11.6. The van der Waals surface area contributed by atoms with Crippen molar-refractivity contribution in [2.45, 2.75) is 13.0 Å². The highest BCUT2D eigenvalue weighted by Crippen LogP contribution is 2.30. The van der Waals surface area contributed by atoms with Crippen LogP contribution in [0.25, 0.3) is 11.1 Å². The van der Waals surface area contributed by atoms with E-state index in [9.17, 15) is 0 Å². The lowest BCUT2D eigenvalue weighted by Gasteiger charge is -2.22. The predicted octanol–water partition coefficient (Wildman–Crippen LogP) is 1.80. The zero-order valence-corrected chi connectivity index (χ0v) is 11.6. The molecule has 0 saturated carbocycles. The lowest BCUT2D eigenvalue weighted by molar-refractivity contribution is 0.266. The van der Waals surface area contributed by atoms with E-state index < -0.39 is 0 Å². The van der Waals surface area contributed by atoms with Gasteiger partial charge in [-0.15, -0.1) is 0 Å². The second-order valence-electron chi connectivity index (χ2n) is 5.60. The number of nitrogens with two attached hydrogens (primary N) is 1. The molecule has 1 aromatic heterocycles. The molecule has 2 heterocycles. The predicted molar refractivity (Wildman–Crippen MR) is 77.3 cm³/mol. The van der Waals surface area contributed by atoms with Gasteiger partial charge in [0.15, 0.2) is 5.58 Å². The summed E-state index contributed by atoms with van der Waals surface area (Å²) in [6, 6.07) is 6.87. The first-order chi connectivity index (χ1) is 9.06. The fourth-order valence-electron chi connectivity index (χ4n) is 2.87. The number of anilines is 2. The molecule has 2 atom stereocenters. The van der Waals surface area contributed by atoms with Gasteiger partial charge in [-0.3, -0.25) is 0 Å². The fourth-order valence-corrected chi connectivity index (χ4v) is 2.87. The van der Waals surface area contributed by atoms with Crippen molar-refractivity contribution < 1.29 is 4.42 Å². The number of rotatable bonds is 2. The van der Waals surface area contributed by atoms with Gasteiger partial charge in [0.2, 0.25) is 0 Å². The van der Waals surface area contributed by atoms with Gasteiger partial charge in [-0.1, -0.05) is 13.0 Å². The summed E-state index contributed by atoms with van der Waals surface area (Å²) in [4.78, 5) is 9.01. The lowest BCUT2D eigenvalue weighted by atomic mass is 10.1. The average Bonchev–Trinajstić information content (AvgIpc) is 2.93. The van der Waals surface area contributed by atoms with Crippen LogP contribution in [0.5, 0.6) is 0 Å². The van der Waals surface area contributed by atoms with Crippen LogP contribution in [0.4, 0.5) is 11.7 Å². The van der Waals surface area contributed by atoms with E-state index in [0.717, 1.165) is 24.2 Å². The van der Waals surface area contributed by atoms with E-state index in [1.165, 1.54) is 0 Å². The van der Waals surface area contributed by atoms with Crippen molar-refractivity contribution in [3.63, 3.8) is 0 Å². The number of fused-ring (bicyclic) bond motifs is 1. The van der Waals surface area contributed by atoms with Crippen LogP contribution in [-0.4, -0.2) is 43.1 Å². The maximum absolute atomic E-state index is 5.92. The van der Waals surface area contributed by atoms with E-state index in [1.807, 2.05) is 18.2 Å². The number of nitrogens with zero attached hydrogens (tertiary/aromatic N) is 3. The van der Waals surface area contributed by atoms with Crippen LogP contribution in [0.3, 0.4) is 0 Å². The second kappa shape index (κ2) is 4.42. The van der Waals surface area contributed by atoms with Crippen LogP contribution < -0.4 is 10.6 Å². The van der Waals surface area contributed by atoms with Crippen LogP contribution in [-0.2, 0) is 0 Å². The Balaban J connectivity index is 1.91. The van der Waals surface area contributed by atoms with Crippen molar-refractivity contribution in [1.82, 2.24) is 9.88 Å². The van der Waals surface area contributed by atoms with Gasteiger partial charge in [0.25, 0.3) is 6.01 Å². The third-order valence-corrected chi connectivity index (χ3v) is 3.95. The van der Waals surface area contributed by atoms with E-state index >= 15 is 0 Å². The van der Waals surface area contributed by atoms with Gasteiger partial charge >= 0.3 is 0 Å².